The van der Waals surface area contributed by atoms with Gasteiger partial charge in [-0.2, -0.15) is 18.3 Å². The van der Waals surface area contributed by atoms with Gasteiger partial charge in [0.2, 0.25) is 0 Å². The van der Waals surface area contributed by atoms with E-state index in [1.807, 2.05) is 6.92 Å². The van der Waals surface area contributed by atoms with Crippen LogP contribution in [0, 0.1) is 6.92 Å². The molecule has 1 aliphatic rings. The number of aryl methyl sites for hydroxylation is 1. The zero-order valence-electron chi connectivity index (χ0n) is 16.2. The summed E-state index contributed by atoms with van der Waals surface area (Å²) < 4.78 is 70.0. The molecule has 9 heteroatoms. The van der Waals surface area contributed by atoms with Gasteiger partial charge in [0.15, 0.2) is 5.69 Å². The summed E-state index contributed by atoms with van der Waals surface area (Å²) in [5.74, 6) is 0. The van der Waals surface area contributed by atoms with E-state index in [4.69, 9.17) is 0 Å². The van der Waals surface area contributed by atoms with Crippen LogP contribution in [-0.2, 0) is 29.0 Å². The Labute approximate surface area is 172 Å². The molecule has 0 spiro atoms. The summed E-state index contributed by atoms with van der Waals surface area (Å²) in [7, 11) is -3.92. The molecule has 0 amide bonds. The molecule has 0 atom stereocenters. The minimum Gasteiger partial charge on any atom is -0.277 e. The molecule has 1 aliphatic carbocycles. The summed E-state index contributed by atoms with van der Waals surface area (Å²) in [4.78, 5) is 0.0707. The molecule has 1 heterocycles. The van der Waals surface area contributed by atoms with Crippen LogP contribution in [0.15, 0.2) is 53.4 Å². The Balaban J connectivity index is 1.80. The number of benzene rings is 2. The molecule has 0 unspecified atom stereocenters. The average molecular weight is 435 g/mol. The Morgan fingerprint density at radius 2 is 1.67 bits per heavy atom. The molecular weight excluding hydrogens is 415 g/mol. The molecule has 158 valence electrons. The lowest BCUT2D eigenvalue weighted by molar-refractivity contribution is -0.142. The summed E-state index contributed by atoms with van der Waals surface area (Å²) in [6.07, 6.45) is -2.38. The van der Waals surface area contributed by atoms with E-state index in [9.17, 15) is 21.6 Å². The number of sulfonamides is 1. The largest absolute Gasteiger partial charge is 0.435 e. The maximum atomic E-state index is 13.5. The number of nitrogens with one attached hydrogen (secondary N) is 1. The lowest BCUT2D eigenvalue weighted by atomic mass is 9.95. The van der Waals surface area contributed by atoms with E-state index in [2.05, 4.69) is 9.82 Å². The molecule has 1 aromatic heterocycles. The maximum absolute atomic E-state index is 13.5. The molecule has 5 nitrogen and oxygen atoms in total. The number of para-hydroxylation sites is 2. The molecule has 0 bridgehead atoms. The normalized spacial score (nSPS) is 14.4. The number of fused-ring (bicyclic) bond motifs is 1. The number of hydrogen-bond donors (Lipinski definition) is 1. The fourth-order valence-corrected chi connectivity index (χ4v) is 4.77. The standard InChI is InChI=1S/C21H20F3N3O2S/c1-14-10-12-15(13-11-14)30(28,29)26-17-7-3-5-9-19(17)27-18-8-4-2-6-16(18)20(25-27)21(22,23)24/h3,5,7,9-13,26H,2,4,6,8H2,1H3. The van der Waals surface area contributed by atoms with Crippen LogP contribution in [0.5, 0.6) is 0 Å². The number of aromatic nitrogens is 2. The Hall–Kier alpha value is -2.81. The molecule has 3 aromatic rings. The van der Waals surface area contributed by atoms with Crippen LogP contribution in [0.1, 0.15) is 35.4 Å². The predicted molar refractivity (Wildman–Crippen MR) is 107 cm³/mol. The first-order chi connectivity index (χ1) is 14.2. The van der Waals surface area contributed by atoms with E-state index in [0.29, 0.717) is 25.0 Å². The highest BCUT2D eigenvalue weighted by atomic mass is 32.2. The van der Waals surface area contributed by atoms with Crippen LogP contribution in [0.25, 0.3) is 5.69 Å². The predicted octanol–water partition coefficient (Wildman–Crippen LogP) is 4.88. The minimum atomic E-state index is -4.57. The summed E-state index contributed by atoms with van der Waals surface area (Å²) in [5.41, 5.74) is 1.13. The average Bonchev–Trinajstić information content (AvgIpc) is 3.08. The summed E-state index contributed by atoms with van der Waals surface area (Å²) in [6, 6.07) is 12.7. The van der Waals surface area contributed by atoms with E-state index < -0.39 is 21.9 Å². The lowest BCUT2D eigenvalue weighted by Gasteiger charge is -2.17. The highest BCUT2D eigenvalue weighted by Crippen LogP contribution is 2.38. The fourth-order valence-electron chi connectivity index (χ4n) is 3.69. The van der Waals surface area contributed by atoms with Crippen molar-refractivity contribution in [2.24, 2.45) is 0 Å². The molecule has 30 heavy (non-hydrogen) atoms. The SMILES string of the molecule is Cc1ccc(S(=O)(=O)Nc2ccccc2-n2nc(C(F)(F)F)c3c2CCCC3)cc1. The Morgan fingerprint density at radius 1 is 1.00 bits per heavy atom. The Kier molecular flexibility index (Phi) is 5.09. The van der Waals surface area contributed by atoms with Gasteiger partial charge in [0.1, 0.15) is 0 Å². The zero-order chi connectivity index (χ0) is 21.5. The van der Waals surface area contributed by atoms with Crippen LogP contribution < -0.4 is 4.72 Å². The smallest absolute Gasteiger partial charge is 0.277 e. The topological polar surface area (TPSA) is 64.0 Å². The molecule has 0 saturated carbocycles. The highest BCUT2D eigenvalue weighted by molar-refractivity contribution is 7.92. The van der Waals surface area contributed by atoms with Crippen molar-refractivity contribution in [3.05, 3.63) is 71.0 Å². The second kappa shape index (κ2) is 7.46. The third-order valence-corrected chi connectivity index (χ3v) is 6.54. The first-order valence-corrected chi connectivity index (χ1v) is 11.0. The fraction of sp³-hybridized carbons (Fsp3) is 0.286. The van der Waals surface area contributed by atoms with Gasteiger partial charge in [0, 0.05) is 11.3 Å². The molecule has 0 radical (unpaired) electrons. The first-order valence-electron chi connectivity index (χ1n) is 9.54. The highest BCUT2D eigenvalue weighted by Gasteiger charge is 2.40. The second-order valence-electron chi connectivity index (χ2n) is 7.33. The quantitative estimate of drug-likeness (QED) is 0.635. The van der Waals surface area contributed by atoms with Crippen LogP contribution >= 0.6 is 0 Å². The summed E-state index contributed by atoms with van der Waals surface area (Å²) >= 11 is 0. The van der Waals surface area contributed by atoms with Gasteiger partial charge < -0.3 is 0 Å². The third-order valence-electron chi connectivity index (χ3n) is 5.16. The van der Waals surface area contributed by atoms with Crippen molar-refractivity contribution in [2.45, 2.75) is 43.7 Å². The molecule has 0 fully saturated rings. The van der Waals surface area contributed by atoms with Crippen molar-refractivity contribution in [3.63, 3.8) is 0 Å². The van der Waals surface area contributed by atoms with Crippen molar-refractivity contribution < 1.29 is 21.6 Å². The summed E-state index contributed by atoms with van der Waals surface area (Å²) in [5, 5.41) is 3.87. The van der Waals surface area contributed by atoms with Crippen molar-refractivity contribution in [1.82, 2.24) is 9.78 Å². The molecule has 1 N–H and O–H groups in total. The minimum absolute atomic E-state index is 0.0707. The van der Waals surface area contributed by atoms with Crippen molar-refractivity contribution >= 4 is 15.7 Å². The monoisotopic (exact) mass is 435 g/mol. The number of halogens is 3. The van der Waals surface area contributed by atoms with E-state index in [1.165, 1.54) is 22.9 Å². The van der Waals surface area contributed by atoms with Crippen LogP contribution in [0.3, 0.4) is 0 Å². The number of alkyl halides is 3. The van der Waals surface area contributed by atoms with Gasteiger partial charge in [-0.05, 0) is 56.9 Å². The van der Waals surface area contributed by atoms with Gasteiger partial charge in [-0.3, -0.25) is 4.72 Å². The van der Waals surface area contributed by atoms with Crippen LogP contribution in [-0.4, -0.2) is 18.2 Å². The zero-order valence-corrected chi connectivity index (χ0v) is 17.0. The van der Waals surface area contributed by atoms with Crippen molar-refractivity contribution in [3.8, 4) is 5.69 Å². The van der Waals surface area contributed by atoms with Gasteiger partial charge in [0.05, 0.1) is 16.3 Å². The summed E-state index contributed by atoms with van der Waals surface area (Å²) in [6.45, 7) is 1.85. The van der Waals surface area contributed by atoms with Crippen molar-refractivity contribution in [2.75, 3.05) is 4.72 Å². The van der Waals surface area contributed by atoms with E-state index in [0.717, 1.165) is 12.0 Å². The molecule has 4 rings (SSSR count). The number of nitrogens with zero attached hydrogens (tertiary/aromatic N) is 2. The van der Waals surface area contributed by atoms with Gasteiger partial charge in [-0.1, -0.05) is 29.8 Å². The van der Waals surface area contributed by atoms with Crippen molar-refractivity contribution in [1.29, 1.82) is 0 Å². The number of hydrogen-bond acceptors (Lipinski definition) is 3. The van der Waals surface area contributed by atoms with E-state index in [-0.39, 0.29) is 21.8 Å². The number of anilines is 1. The lowest BCUT2D eigenvalue weighted by Crippen LogP contribution is -2.16. The van der Waals surface area contributed by atoms with Gasteiger partial charge >= 0.3 is 6.18 Å². The van der Waals surface area contributed by atoms with Gasteiger partial charge in [-0.15, -0.1) is 0 Å². The van der Waals surface area contributed by atoms with E-state index in [1.54, 1.807) is 30.3 Å². The van der Waals surface area contributed by atoms with Crippen LogP contribution in [0.4, 0.5) is 18.9 Å². The van der Waals surface area contributed by atoms with Gasteiger partial charge in [-0.25, -0.2) is 13.1 Å². The second-order valence-corrected chi connectivity index (χ2v) is 9.01. The molecule has 0 saturated heterocycles. The van der Waals surface area contributed by atoms with E-state index >= 15 is 0 Å². The molecule has 2 aromatic carbocycles. The maximum Gasteiger partial charge on any atom is 0.435 e. The Bertz CT molecular complexity index is 1180. The number of rotatable bonds is 4. The Morgan fingerprint density at radius 3 is 2.37 bits per heavy atom. The van der Waals surface area contributed by atoms with Crippen LogP contribution in [0.2, 0.25) is 0 Å². The van der Waals surface area contributed by atoms with Gasteiger partial charge in [0.25, 0.3) is 10.0 Å². The third kappa shape index (κ3) is 3.81. The molecule has 0 aliphatic heterocycles. The first kappa shape index (κ1) is 20.5. The molecular formula is C21H20F3N3O2S.